The predicted molar refractivity (Wildman–Crippen MR) is 67.4 cm³/mol. The van der Waals surface area contributed by atoms with Crippen LogP contribution in [0.1, 0.15) is 48.5 Å². The summed E-state index contributed by atoms with van der Waals surface area (Å²) in [6.45, 7) is 14.2. The minimum Gasteiger partial charge on any atom is -0.480 e. The summed E-state index contributed by atoms with van der Waals surface area (Å²) < 4.78 is -0.717. The summed E-state index contributed by atoms with van der Waals surface area (Å²) >= 11 is 1.57. The average molecular weight is 232 g/mol. The highest BCUT2D eigenvalue weighted by Gasteiger charge is 2.47. The number of rotatable bonds is 4. The smallest absolute Gasteiger partial charge is 0.320 e. The maximum Gasteiger partial charge on any atom is 0.320 e. The lowest BCUT2D eigenvalue weighted by atomic mass is 9.84. The van der Waals surface area contributed by atoms with Gasteiger partial charge in [-0.25, -0.2) is 0 Å². The van der Waals surface area contributed by atoms with Crippen LogP contribution in [-0.4, -0.2) is 20.6 Å². The molecule has 0 unspecified atom stereocenters. The normalized spacial score (nSPS) is 13.7. The molecule has 15 heavy (non-hydrogen) atoms. The van der Waals surface area contributed by atoms with Crippen molar-refractivity contribution in [2.75, 3.05) is 0 Å². The molecule has 1 N–H and O–H groups in total. The average Bonchev–Trinajstić information content (AvgIpc) is 1.96. The van der Waals surface area contributed by atoms with Crippen LogP contribution in [-0.2, 0) is 4.79 Å². The van der Waals surface area contributed by atoms with Gasteiger partial charge in [0.05, 0.1) is 0 Å². The number of carboxylic acid groups (broad SMARTS) is 1. The van der Waals surface area contributed by atoms with Gasteiger partial charge < -0.3 is 5.11 Å². The van der Waals surface area contributed by atoms with E-state index in [4.69, 9.17) is 0 Å². The third kappa shape index (κ3) is 3.40. The van der Waals surface area contributed by atoms with Gasteiger partial charge in [0.1, 0.15) is 4.75 Å². The second-order valence-electron chi connectivity index (χ2n) is 5.62. The van der Waals surface area contributed by atoms with Crippen LogP contribution in [0, 0.1) is 11.8 Å². The molecule has 0 aliphatic heterocycles. The van der Waals surface area contributed by atoms with Gasteiger partial charge in [0.2, 0.25) is 0 Å². The number of aliphatic carboxylic acids is 1. The molecule has 0 bridgehead atoms. The topological polar surface area (TPSA) is 37.3 Å². The molecule has 0 fully saturated rings. The molecule has 0 atom stereocenters. The molecule has 0 radical (unpaired) electrons. The van der Waals surface area contributed by atoms with E-state index in [1.54, 1.807) is 11.8 Å². The van der Waals surface area contributed by atoms with Crippen LogP contribution in [0.4, 0.5) is 0 Å². The van der Waals surface area contributed by atoms with Crippen LogP contribution >= 0.6 is 11.8 Å². The summed E-state index contributed by atoms with van der Waals surface area (Å²) in [4.78, 5) is 11.6. The first-order valence-electron chi connectivity index (χ1n) is 5.47. The molecule has 0 saturated heterocycles. The quantitative estimate of drug-likeness (QED) is 0.804. The van der Waals surface area contributed by atoms with Crippen LogP contribution < -0.4 is 0 Å². The van der Waals surface area contributed by atoms with E-state index in [2.05, 4.69) is 20.8 Å². The Morgan fingerprint density at radius 1 is 1.07 bits per heavy atom. The van der Waals surface area contributed by atoms with Crippen molar-refractivity contribution in [3.8, 4) is 0 Å². The van der Waals surface area contributed by atoms with Crippen molar-refractivity contribution in [1.29, 1.82) is 0 Å². The number of carbonyl (C=O) groups is 1. The van der Waals surface area contributed by atoms with Gasteiger partial charge in [0, 0.05) is 4.75 Å². The van der Waals surface area contributed by atoms with E-state index in [9.17, 15) is 9.90 Å². The molecule has 0 spiro atoms. The Balaban J connectivity index is 5.25. The Kier molecular flexibility index (Phi) is 4.71. The van der Waals surface area contributed by atoms with Crippen molar-refractivity contribution >= 4 is 17.7 Å². The lowest BCUT2D eigenvalue weighted by Gasteiger charge is -2.41. The minimum absolute atomic E-state index is 0.0348. The summed E-state index contributed by atoms with van der Waals surface area (Å²) in [5, 5.41) is 9.51. The van der Waals surface area contributed by atoms with Gasteiger partial charge in [-0.3, -0.25) is 4.79 Å². The van der Waals surface area contributed by atoms with Crippen molar-refractivity contribution in [2.45, 2.75) is 58.0 Å². The van der Waals surface area contributed by atoms with Gasteiger partial charge in [-0.2, -0.15) is 0 Å². The molecule has 0 saturated carbocycles. The van der Waals surface area contributed by atoms with Gasteiger partial charge in [0.15, 0.2) is 0 Å². The van der Waals surface area contributed by atoms with E-state index in [0.29, 0.717) is 0 Å². The number of thioether (sulfide) groups is 1. The minimum atomic E-state index is -0.688. The number of carboxylic acids is 1. The fraction of sp³-hybridized carbons (Fsp3) is 0.917. The predicted octanol–water partition coefficient (Wildman–Crippen LogP) is 3.65. The highest BCUT2D eigenvalue weighted by atomic mass is 32.2. The zero-order chi connectivity index (χ0) is 12.4. The highest BCUT2D eigenvalue weighted by Crippen LogP contribution is 2.46. The fourth-order valence-corrected chi connectivity index (χ4v) is 3.52. The molecule has 0 aromatic carbocycles. The fourth-order valence-electron chi connectivity index (χ4n) is 1.95. The maximum absolute atomic E-state index is 11.6. The molecule has 0 rings (SSSR count). The molecular formula is C12H24O2S. The largest absolute Gasteiger partial charge is 0.480 e. The summed E-state index contributed by atoms with van der Waals surface area (Å²) in [6, 6.07) is 0. The summed E-state index contributed by atoms with van der Waals surface area (Å²) in [5.74, 6) is -0.439. The Hall–Kier alpha value is -0.180. The van der Waals surface area contributed by atoms with E-state index in [1.165, 1.54) is 0 Å². The van der Waals surface area contributed by atoms with Gasteiger partial charge in [-0.05, 0) is 11.8 Å². The van der Waals surface area contributed by atoms with Crippen molar-refractivity contribution < 1.29 is 9.90 Å². The summed E-state index contributed by atoms with van der Waals surface area (Å²) in [7, 11) is 0. The third-order valence-electron chi connectivity index (χ3n) is 2.52. The number of hydrogen-bond donors (Lipinski definition) is 1. The van der Waals surface area contributed by atoms with Crippen LogP contribution in [0.3, 0.4) is 0 Å². The van der Waals surface area contributed by atoms with Crippen LogP contribution in [0.15, 0.2) is 0 Å². The zero-order valence-electron chi connectivity index (χ0n) is 10.9. The lowest BCUT2D eigenvalue weighted by molar-refractivity contribution is -0.142. The molecule has 0 aromatic rings. The molecule has 0 aliphatic carbocycles. The van der Waals surface area contributed by atoms with E-state index in [-0.39, 0.29) is 16.6 Å². The summed E-state index contributed by atoms with van der Waals surface area (Å²) in [5.41, 5.74) is 0. The van der Waals surface area contributed by atoms with Gasteiger partial charge in [-0.15, -0.1) is 11.8 Å². The molecule has 0 aromatic heterocycles. The third-order valence-corrected chi connectivity index (χ3v) is 4.59. The maximum atomic E-state index is 11.6. The molecule has 3 heteroatoms. The van der Waals surface area contributed by atoms with E-state index in [1.807, 2.05) is 27.7 Å². The van der Waals surface area contributed by atoms with Crippen LogP contribution in [0.5, 0.6) is 0 Å². The van der Waals surface area contributed by atoms with Crippen molar-refractivity contribution in [2.24, 2.45) is 11.8 Å². The van der Waals surface area contributed by atoms with Gasteiger partial charge >= 0.3 is 5.97 Å². The number of hydrogen-bond acceptors (Lipinski definition) is 2. The second-order valence-corrected chi connectivity index (χ2v) is 7.73. The van der Waals surface area contributed by atoms with Crippen LogP contribution in [0.2, 0.25) is 0 Å². The highest BCUT2D eigenvalue weighted by molar-refractivity contribution is 8.02. The van der Waals surface area contributed by atoms with Crippen LogP contribution in [0.25, 0.3) is 0 Å². The molecule has 0 aliphatic rings. The van der Waals surface area contributed by atoms with Gasteiger partial charge in [-0.1, -0.05) is 48.5 Å². The molecule has 0 heterocycles. The molecular weight excluding hydrogens is 208 g/mol. The van der Waals surface area contributed by atoms with Crippen molar-refractivity contribution in [1.82, 2.24) is 0 Å². The SMILES string of the molecule is CC(C)C(SC(C)(C)C)(C(=O)O)C(C)C. The van der Waals surface area contributed by atoms with E-state index in [0.717, 1.165) is 0 Å². The van der Waals surface area contributed by atoms with Gasteiger partial charge in [0.25, 0.3) is 0 Å². The second kappa shape index (κ2) is 4.77. The van der Waals surface area contributed by atoms with E-state index < -0.39 is 10.7 Å². The Bertz CT molecular complexity index is 218. The lowest BCUT2D eigenvalue weighted by Crippen LogP contribution is -2.47. The van der Waals surface area contributed by atoms with E-state index >= 15 is 0 Å². The zero-order valence-corrected chi connectivity index (χ0v) is 11.7. The Morgan fingerprint density at radius 3 is 1.47 bits per heavy atom. The molecule has 90 valence electrons. The molecule has 2 nitrogen and oxygen atoms in total. The monoisotopic (exact) mass is 232 g/mol. The standard InChI is InChI=1S/C12H24O2S/c1-8(2)12(9(3)4,10(13)14)15-11(5,6)7/h8-9H,1-7H3,(H,13,14). The summed E-state index contributed by atoms with van der Waals surface area (Å²) in [6.07, 6.45) is 0. The molecule has 0 amide bonds. The van der Waals surface area contributed by atoms with Crippen molar-refractivity contribution in [3.05, 3.63) is 0 Å². The Morgan fingerprint density at radius 2 is 1.40 bits per heavy atom. The first-order chi connectivity index (χ1) is 6.54. The Labute approximate surface area is 97.8 Å². The first-order valence-corrected chi connectivity index (χ1v) is 6.29. The van der Waals surface area contributed by atoms with Crippen molar-refractivity contribution in [3.63, 3.8) is 0 Å². The first kappa shape index (κ1) is 14.8.